The average Bonchev–Trinajstić information content (AvgIpc) is 2.71. The zero-order valence-corrected chi connectivity index (χ0v) is 11.3. The van der Waals surface area contributed by atoms with Gasteiger partial charge in [-0.1, -0.05) is 12.1 Å². The van der Waals surface area contributed by atoms with Gasteiger partial charge >= 0.3 is 0 Å². The number of amides is 1. The SMILES string of the molecule is CCC1C(=O)NCCN1Cc1c(C)nnn1CC. The Labute approximate surface area is 107 Å². The quantitative estimate of drug-likeness (QED) is 0.837. The predicted octanol–water partition coefficient (Wildman–Crippen LogP) is 0.317. The van der Waals surface area contributed by atoms with E-state index >= 15 is 0 Å². The molecule has 1 aliphatic rings. The van der Waals surface area contributed by atoms with Crippen molar-refractivity contribution in [2.45, 2.75) is 46.3 Å². The van der Waals surface area contributed by atoms with Gasteiger partial charge < -0.3 is 5.32 Å². The molecule has 0 saturated carbocycles. The Balaban J connectivity index is 2.16. The fraction of sp³-hybridized carbons (Fsp3) is 0.750. The lowest BCUT2D eigenvalue weighted by Crippen LogP contribution is -2.54. The number of aromatic nitrogens is 3. The molecule has 2 heterocycles. The summed E-state index contributed by atoms with van der Waals surface area (Å²) < 4.78 is 1.91. The fourth-order valence-corrected chi connectivity index (χ4v) is 2.46. The van der Waals surface area contributed by atoms with Crippen LogP contribution in [0.2, 0.25) is 0 Å². The molecule has 1 fully saturated rings. The summed E-state index contributed by atoms with van der Waals surface area (Å²) in [5, 5.41) is 11.1. The second-order valence-corrected chi connectivity index (χ2v) is 4.62. The number of piperazine rings is 1. The number of carbonyl (C=O) groups excluding carboxylic acids is 1. The molecule has 100 valence electrons. The molecule has 0 aromatic carbocycles. The van der Waals surface area contributed by atoms with Crippen LogP contribution in [-0.4, -0.2) is 44.9 Å². The van der Waals surface area contributed by atoms with Gasteiger partial charge in [0.15, 0.2) is 0 Å². The molecular formula is C12H21N5O. The lowest BCUT2D eigenvalue weighted by atomic mass is 10.1. The Bertz CT molecular complexity index is 428. The standard InChI is InChI=1S/C12H21N5O/c1-4-10-12(18)13-6-7-16(10)8-11-9(3)14-15-17(11)5-2/h10H,4-8H2,1-3H3,(H,13,18). The molecule has 0 radical (unpaired) electrons. The Morgan fingerprint density at radius 3 is 2.89 bits per heavy atom. The van der Waals surface area contributed by atoms with Crippen LogP contribution in [0.5, 0.6) is 0 Å². The summed E-state index contributed by atoms with van der Waals surface area (Å²) in [4.78, 5) is 14.0. The van der Waals surface area contributed by atoms with Gasteiger partial charge in [-0.05, 0) is 20.3 Å². The monoisotopic (exact) mass is 251 g/mol. The number of nitrogens with zero attached hydrogens (tertiary/aromatic N) is 4. The molecule has 6 nitrogen and oxygen atoms in total. The van der Waals surface area contributed by atoms with Crippen LogP contribution in [0.3, 0.4) is 0 Å². The first-order valence-electron chi connectivity index (χ1n) is 6.58. The molecule has 1 aliphatic heterocycles. The predicted molar refractivity (Wildman–Crippen MR) is 67.9 cm³/mol. The Kier molecular flexibility index (Phi) is 3.96. The minimum atomic E-state index is -0.0293. The van der Waals surface area contributed by atoms with Crippen LogP contribution < -0.4 is 5.32 Å². The van der Waals surface area contributed by atoms with E-state index in [1.54, 1.807) is 0 Å². The number of aryl methyl sites for hydroxylation is 2. The number of hydrogen-bond donors (Lipinski definition) is 1. The zero-order chi connectivity index (χ0) is 13.1. The summed E-state index contributed by atoms with van der Waals surface area (Å²) in [5.41, 5.74) is 2.07. The summed E-state index contributed by atoms with van der Waals surface area (Å²) in [5.74, 6) is 0.136. The van der Waals surface area contributed by atoms with Gasteiger partial charge in [0.05, 0.1) is 17.4 Å². The van der Waals surface area contributed by atoms with Gasteiger partial charge in [-0.3, -0.25) is 9.69 Å². The second kappa shape index (κ2) is 5.48. The Morgan fingerprint density at radius 2 is 2.22 bits per heavy atom. The minimum absolute atomic E-state index is 0.0293. The van der Waals surface area contributed by atoms with E-state index in [2.05, 4.69) is 27.5 Å². The van der Waals surface area contributed by atoms with E-state index in [0.29, 0.717) is 0 Å². The van der Waals surface area contributed by atoms with Crippen molar-refractivity contribution >= 4 is 5.91 Å². The Morgan fingerprint density at radius 1 is 1.44 bits per heavy atom. The van der Waals surface area contributed by atoms with E-state index < -0.39 is 0 Å². The van der Waals surface area contributed by atoms with Crippen molar-refractivity contribution in [1.29, 1.82) is 0 Å². The molecule has 0 aliphatic carbocycles. The van der Waals surface area contributed by atoms with E-state index in [-0.39, 0.29) is 11.9 Å². The summed E-state index contributed by atoms with van der Waals surface area (Å²) in [6.07, 6.45) is 0.832. The molecule has 1 amide bonds. The van der Waals surface area contributed by atoms with Crippen molar-refractivity contribution in [1.82, 2.24) is 25.2 Å². The number of nitrogens with one attached hydrogen (secondary N) is 1. The van der Waals surface area contributed by atoms with Crippen molar-refractivity contribution in [2.24, 2.45) is 0 Å². The first-order chi connectivity index (χ1) is 8.67. The van der Waals surface area contributed by atoms with Gasteiger partial charge in [-0.25, -0.2) is 4.68 Å². The van der Waals surface area contributed by atoms with Gasteiger partial charge in [-0.15, -0.1) is 5.10 Å². The lowest BCUT2D eigenvalue weighted by molar-refractivity contribution is -0.129. The molecule has 1 saturated heterocycles. The third kappa shape index (κ3) is 2.38. The maximum absolute atomic E-state index is 11.8. The first kappa shape index (κ1) is 13.0. The van der Waals surface area contributed by atoms with Crippen molar-refractivity contribution < 1.29 is 4.79 Å². The Hall–Kier alpha value is -1.43. The zero-order valence-electron chi connectivity index (χ0n) is 11.3. The number of rotatable bonds is 4. The summed E-state index contributed by atoms with van der Waals surface area (Å²) >= 11 is 0. The van der Waals surface area contributed by atoms with E-state index in [4.69, 9.17) is 0 Å². The normalized spacial score (nSPS) is 21.1. The topological polar surface area (TPSA) is 63.1 Å². The molecule has 18 heavy (non-hydrogen) atoms. The highest BCUT2D eigenvalue weighted by molar-refractivity contribution is 5.82. The molecule has 1 atom stereocenters. The van der Waals surface area contributed by atoms with E-state index in [9.17, 15) is 4.79 Å². The maximum Gasteiger partial charge on any atom is 0.237 e. The molecule has 1 aromatic rings. The van der Waals surface area contributed by atoms with Crippen molar-refractivity contribution in [3.8, 4) is 0 Å². The van der Waals surface area contributed by atoms with Crippen LogP contribution in [0.1, 0.15) is 31.7 Å². The number of hydrogen-bond acceptors (Lipinski definition) is 4. The largest absolute Gasteiger partial charge is 0.353 e. The van der Waals surface area contributed by atoms with Crippen molar-refractivity contribution in [2.75, 3.05) is 13.1 Å². The van der Waals surface area contributed by atoms with Gasteiger partial charge in [-0.2, -0.15) is 0 Å². The van der Waals surface area contributed by atoms with Crippen LogP contribution in [-0.2, 0) is 17.9 Å². The van der Waals surface area contributed by atoms with E-state index in [0.717, 1.165) is 44.0 Å². The second-order valence-electron chi connectivity index (χ2n) is 4.62. The van der Waals surface area contributed by atoms with Crippen LogP contribution in [0, 0.1) is 6.92 Å². The van der Waals surface area contributed by atoms with Crippen LogP contribution >= 0.6 is 0 Å². The summed E-state index contributed by atoms with van der Waals surface area (Å²) in [6, 6.07) is -0.0293. The smallest absolute Gasteiger partial charge is 0.237 e. The minimum Gasteiger partial charge on any atom is -0.353 e. The van der Waals surface area contributed by atoms with E-state index in [1.165, 1.54) is 0 Å². The lowest BCUT2D eigenvalue weighted by Gasteiger charge is -2.34. The molecule has 1 unspecified atom stereocenters. The third-order valence-corrected chi connectivity index (χ3v) is 3.51. The molecular weight excluding hydrogens is 230 g/mol. The average molecular weight is 251 g/mol. The van der Waals surface area contributed by atoms with Gasteiger partial charge in [0.25, 0.3) is 0 Å². The molecule has 0 bridgehead atoms. The van der Waals surface area contributed by atoms with E-state index in [1.807, 2.05) is 18.5 Å². The first-order valence-corrected chi connectivity index (χ1v) is 6.58. The molecule has 1 N–H and O–H groups in total. The molecule has 1 aromatic heterocycles. The highest BCUT2D eigenvalue weighted by atomic mass is 16.2. The summed E-state index contributed by atoms with van der Waals surface area (Å²) in [6.45, 7) is 9.24. The van der Waals surface area contributed by atoms with Crippen LogP contribution in [0.15, 0.2) is 0 Å². The van der Waals surface area contributed by atoms with Gasteiger partial charge in [0.1, 0.15) is 0 Å². The van der Waals surface area contributed by atoms with Crippen LogP contribution in [0.4, 0.5) is 0 Å². The highest BCUT2D eigenvalue weighted by Crippen LogP contribution is 2.15. The molecule has 6 heteroatoms. The van der Waals surface area contributed by atoms with Gasteiger partial charge in [0.2, 0.25) is 5.91 Å². The van der Waals surface area contributed by atoms with Crippen LogP contribution in [0.25, 0.3) is 0 Å². The van der Waals surface area contributed by atoms with Crippen molar-refractivity contribution in [3.63, 3.8) is 0 Å². The summed E-state index contributed by atoms with van der Waals surface area (Å²) in [7, 11) is 0. The third-order valence-electron chi connectivity index (χ3n) is 3.51. The molecule has 2 rings (SSSR count). The van der Waals surface area contributed by atoms with Crippen molar-refractivity contribution in [3.05, 3.63) is 11.4 Å². The highest BCUT2D eigenvalue weighted by Gasteiger charge is 2.29. The number of carbonyl (C=O) groups is 1. The van der Waals surface area contributed by atoms with Gasteiger partial charge in [0, 0.05) is 26.2 Å². The maximum atomic E-state index is 11.8. The molecule has 0 spiro atoms. The fourth-order valence-electron chi connectivity index (χ4n) is 2.46.